The highest BCUT2D eigenvalue weighted by Crippen LogP contribution is 2.23. The van der Waals surface area contributed by atoms with Crippen LogP contribution in [-0.2, 0) is 4.79 Å². The lowest BCUT2D eigenvalue weighted by molar-refractivity contribution is -0.122. The highest BCUT2D eigenvalue weighted by Gasteiger charge is 2.16. The van der Waals surface area contributed by atoms with Crippen molar-refractivity contribution in [3.05, 3.63) is 58.9 Å². The lowest BCUT2D eigenvalue weighted by Gasteiger charge is -2.15. The van der Waals surface area contributed by atoms with Gasteiger partial charge in [0.1, 0.15) is 11.6 Å². The van der Waals surface area contributed by atoms with E-state index in [1.165, 1.54) is 18.2 Å². The van der Waals surface area contributed by atoms with Crippen molar-refractivity contribution >= 4 is 23.2 Å². The molecule has 2 aromatic carbocycles. The average molecular weight is 319 g/mol. The Morgan fingerprint density at radius 3 is 2.82 bits per heavy atom. The Balaban J connectivity index is 2.04. The third-order valence-electron chi connectivity index (χ3n) is 2.83. The van der Waals surface area contributed by atoms with E-state index in [-0.39, 0.29) is 5.02 Å². The van der Waals surface area contributed by atoms with E-state index in [0.717, 1.165) is 6.07 Å². The van der Waals surface area contributed by atoms with Crippen molar-refractivity contribution in [2.24, 2.45) is 0 Å². The Morgan fingerprint density at radius 2 is 2.14 bits per heavy atom. The number of anilines is 1. The average Bonchev–Trinajstić information content (AvgIpc) is 2.50. The van der Waals surface area contributed by atoms with E-state index in [2.05, 4.69) is 5.32 Å². The van der Waals surface area contributed by atoms with Crippen molar-refractivity contribution in [1.29, 1.82) is 5.26 Å². The van der Waals surface area contributed by atoms with Gasteiger partial charge >= 0.3 is 0 Å². The quantitative estimate of drug-likeness (QED) is 0.933. The third-order valence-corrected chi connectivity index (χ3v) is 3.15. The van der Waals surface area contributed by atoms with E-state index in [1.807, 2.05) is 6.07 Å². The minimum absolute atomic E-state index is 0.104. The van der Waals surface area contributed by atoms with E-state index in [0.29, 0.717) is 17.0 Å². The Bertz CT molecular complexity index is 743. The van der Waals surface area contributed by atoms with Crippen molar-refractivity contribution in [2.45, 2.75) is 13.0 Å². The first-order valence-corrected chi connectivity index (χ1v) is 6.80. The molecule has 4 nitrogen and oxygen atoms in total. The standard InChI is InChI=1S/C16H12ClFN2O2/c1-10(22-13-4-2-3-11(7-13)9-19)16(21)20-15-6-5-12(18)8-14(15)17/h2-8,10H,1H3,(H,20,21)/t10-/m0/s1. The molecule has 1 atom stereocenters. The molecule has 2 rings (SSSR count). The zero-order chi connectivity index (χ0) is 16.1. The summed E-state index contributed by atoms with van der Waals surface area (Å²) in [5.41, 5.74) is 0.737. The van der Waals surface area contributed by atoms with E-state index < -0.39 is 17.8 Å². The number of ether oxygens (including phenoxy) is 1. The zero-order valence-electron chi connectivity index (χ0n) is 11.6. The van der Waals surface area contributed by atoms with Crippen LogP contribution in [0.3, 0.4) is 0 Å². The number of rotatable bonds is 4. The van der Waals surface area contributed by atoms with Gasteiger partial charge < -0.3 is 10.1 Å². The summed E-state index contributed by atoms with van der Waals surface area (Å²) >= 11 is 5.85. The van der Waals surface area contributed by atoms with Crippen molar-refractivity contribution < 1.29 is 13.9 Å². The molecule has 6 heteroatoms. The Morgan fingerprint density at radius 1 is 1.36 bits per heavy atom. The molecule has 22 heavy (non-hydrogen) atoms. The molecule has 0 unspecified atom stereocenters. The maximum absolute atomic E-state index is 13.0. The zero-order valence-corrected chi connectivity index (χ0v) is 12.4. The largest absolute Gasteiger partial charge is 0.481 e. The van der Waals surface area contributed by atoms with Gasteiger partial charge in [0, 0.05) is 0 Å². The molecule has 2 aromatic rings. The molecule has 0 radical (unpaired) electrons. The second kappa shape index (κ2) is 6.92. The van der Waals surface area contributed by atoms with Crippen LogP contribution in [0.4, 0.5) is 10.1 Å². The lowest BCUT2D eigenvalue weighted by atomic mass is 10.2. The summed E-state index contributed by atoms with van der Waals surface area (Å²) in [5.74, 6) is -0.511. The number of nitrogens with zero attached hydrogens (tertiary/aromatic N) is 1. The Kier molecular flexibility index (Phi) is 4.97. The van der Waals surface area contributed by atoms with E-state index >= 15 is 0 Å². The summed E-state index contributed by atoms with van der Waals surface area (Å²) in [6.07, 6.45) is -0.810. The molecular weight excluding hydrogens is 307 g/mol. The SMILES string of the molecule is C[C@H](Oc1cccc(C#N)c1)C(=O)Nc1ccc(F)cc1Cl. The number of amides is 1. The number of halogens is 2. The molecule has 0 bridgehead atoms. The summed E-state index contributed by atoms with van der Waals surface area (Å²) in [7, 11) is 0. The topological polar surface area (TPSA) is 62.1 Å². The predicted molar refractivity (Wildman–Crippen MR) is 81.3 cm³/mol. The minimum atomic E-state index is -0.810. The number of hydrogen-bond donors (Lipinski definition) is 1. The van der Waals surface area contributed by atoms with Crippen LogP contribution in [0.15, 0.2) is 42.5 Å². The van der Waals surface area contributed by atoms with Crippen LogP contribution in [0.5, 0.6) is 5.75 Å². The number of carbonyl (C=O) groups is 1. The summed E-state index contributed by atoms with van der Waals surface area (Å²) < 4.78 is 18.4. The monoisotopic (exact) mass is 318 g/mol. The van der Waals surface area contributed by atoms with Gasteiger partial charge in [0.2, 0.25) is 0 Å². The summed E-state index contributed by atoms with van der Waals surface area (Å²) in [6.45, 7) is 1.56. The third kappa shape index (κ3) is 3.96. The molecular formula is C16H12ClFN2O2. The van der Waals surface area contributed by atoms with Crippen molar-refractivity contribution in [2.75, 3.05) is 5.32 Å². The number of nitriles is 1. The van der Waals surface area contributed by atoms with Crippen LogP contribution in [0, 0.1) is 17.1 Å². The minimum Gasteiger partial charge on any atom is -0.481 e. The maximum Gasteiger partial charge on any atom is 0.265 e. The fourth-order valence-electron chi connectivity index (χ4n) is 1.72. The first kappa shape index (κ1) is 15.8. The smallest absolute Gasteiger partial charge is 0.265 e. The molecule has 1 amide bonds. The van der Waals surface area contributed by atoms with Crippen molar-refractivity contribution in [3.63, 3.8) is 0 Å². The van der Waals surface area contributed by atoms with Gasteiger partial charge in [-0.1, -0.05) is 17.7 Å². The Labute approximate surface area is 132 Å². The molecule has 1 N–H and O–H groups in total. The molecule has 112 valence electrons. The van der Waals surface area contributed by atoms with Crippen molar-refractivity contribution in [3.8, 4) is 11.8 Å². The molecule has 0 aliphatic heterocycles. The second-order valence-corrected chi connectivity index (χ2v) is 4.92. The van der Waals surface area contributed by atoms with Crippen LogP contribution in [0.1, 0.15) is 12.5 Å². The van der Waals surface area contributed by atoms with E-state index in [9.17, 15) is 9.18 Å². The number of benzene rings is 2. The van der Waals surface area contributed by atoms with Crippen LogP contribution in [0.25, 0.3) is 0 Å². The second-order valence-electron chi connectivity index (χ2n) is 4.51. The van der Waals surface area contributed by atoms with Crippen LogP contribution >= 0.6 is 11.6 Å². The molecule has 0 fully saturated rings. The Hall–Kier alpha value is -2.58. The fraction of sp³-hybridized carbons (Fsp3) is 0.125. The van der Waals surface area contributed by atoms with Crippen LogP contribution in [-0.4, -0.2) is 12.0 Å². The van der Waals surface area contributed by atoms with E-state index in [1.54, 1.807) is 25.1 Å². The molecule has 0 spiro atoms. The van der Waals surface area contributed by atoms with Gasteiger partial charge in [0.25, 0.3) is 5.91 Å². The van der Waals surface area contributed by atoms with Gasteiger partial charge in [-0.25, -0.2) is 4.39 Å². The van der Waals surface area contributed by atoms with Gasteiger partial charge in [-0.15, -0.1) is 0 Å². The van der Waals surface area contributed by atoms with Gasteiger partial charge in [-0.3, -0.25) is 4.79 Å². The van der Waals surface area contributed by atoms with Crippen LogP contribution in [0.2, 0.25) is 5.02 Å². The number of nitrogens with one attached hydrogen (secondary N) is 1. The molecule has 0 aromatic heterocycles. The lowest BCUT2D eigenvalue weighted by Crippen LogP contribution is -2.30. The first-order chi connectivity index (χ1) is 10.5. The van der Waals surface area contributed by atoms with Gasteiger partial charge in [-0.05, 0) is 43.3 Å². The molecule has 0 saturated carbocycles. The van der Waals surface area contributed by atoms with E-state index in [4.69, 9.17) is 21.6 Å². The number of hydrogen-bond acceptors (Lipinski definition) is 3. The van der Waals surface area contributed by atoms with Crippen molar-refractivity contribution in [1.82, 2.24) is 0 Å². The molecule has 0 aliphatic carbocycles. The first-order valence-electron chi connectivity index (χ1n) is 6.42. The highest BCUT2D eigenvalue weighted by molar-refractivity contribution is 6.33. The predicted octanol–water partition coefficient (Wildman–Crippen LogP) is 3.76. The summed E-state index contributed by atoms with van der Waals surface area (Å²) in [5, 5.41) is 11.5. The molecule has 0 saturated heterocycles. The molecule has 0 aliphatic rings. The normalized spacial score (nSPS) is 11.4. The summed E-state index contributed by atoms with van der Waals surface area (Å²) in [6, 6.07) is 12.2. The maximum atomic E-state index is 13.0. The van der Waals surface area contributed by atoms with Gasteiger partial charge in [0.05, 0.1) is 22.3 Å². The van der Waals surface area contributed by atoms with Crippen LogP contribution < -0.4 is 10.1 Å². The highest BCUT2D eigenvalue weighted by atomic mass is 35.5. The molecule has 0 heterocycles. The van der Waals surface area contributed by atoms with Gasteiger partial charge in [-0.2, -0.15) is 5.26 Å². The fourth-order valence-corrected chi connectivity index (χ4v) is 1.94. The van der Waals surface area contributed by atoms with Gasteiger partial charge in [0.15, 0.2) is 6.10 Å². The number of carbonyl (C=O) groups excluding carboxylic acids is 1. The summed E-state index contributed by atoms with van der Waals surface area (Å²) in [4.78, 5) is 12.1.